The molecule has 6 aromatic rings. The first kappa shape index (κ1) is 45.5. The quantitative estimate of drug-likeness (QED) is 0.0629. The summed E-state index contributed by atoms with van der Waals surface area (Å²) in [7, 11) is 0. The van der Waals surface area contributed by atoms with Gasteiger partial charge in [0, 0.05) is 23.2 Å². The van der Waals surface area contributed by atoms with E-state index in [1.165, 1.54) is 55.3 Å². The number of aromatic nitrogens is 2. The Bertz CT molecular complexity index is 2270. The van der Waals surface area contributed by atoms with Crippen molar-refractivity contribution < 1.29 is 30.0 Å². The summed E-state index contributed by atoms with van der Waals surface area (Å²) in [4.78, 5) is 18.8. The molecule has 0 atom stereocenters. The number of carbonyl (C=O) groups excluding carboxylic acids is 1. The zero-order valence-corrected chi connectivity index (χ0v) is 39.1. The van der Waals surface area contributed by atoms with E-state index in [-0.39, 0.29) is 58.7 Å². The van der Waals surface area contributed by atoms with Crippen molar-refractivity contribution >= 4 is 38.2 Å². The molecule has 4 nitrogen and oxygen atoms in total. The second kappa shape index (κ2) is 17.0. The first-order chi connectivity index (χ1) is 26.0. The number of nitrogens with zero attached hydrogens (tertiary/aromatic N) is 2. The van der Waals surface area contributed by atoms with Crippen LogP contribution in [0, 0.1) is 23.0 Å². The Balaban J connectivity index is 0.000000196. The Morgan fingerprint density at radius 2 is 1.28 bits per heavy atom. The molecule has 0 saturated carbocycles. The number of benzene rings is 4. The number of ketones is 1. The molecule has 306 valence electrons. The van der Waals surface area contributed by atoms with Crippen molar-refractivity contribution in [3.05, 3.63) is 131 Å². The number of aliphatic hydroxyl groups is 1. The minimum Gasteiger partial charge on any atom is -3.00 e. The van der Waals surface area contributed by atoms with E-state index in [9.17, 15) is 9.90 Å². The number of fused-ring (bicyclic) bond motifs is 3. The Morgan fingerprint density at radius 1 is 0.684 bits per heavy atom. The zero-order valence-electron chi connectivity index (χ0n) is 36.7. The van der Waals surface area contributed by atoms with Crippen molar-refractivity contribution in [2.75, 3.05) is 0 Å². The topological polar surface area (TPSA) is 67.4 Å². The summed E-state index contributed by atoms with van der Waals surface area (Å²) in [5.74, 6) is 0.417. The van der Waals surface area contributed by atoms with Gasteiger partial charge in [-0.25, -0.2) is 0 Å². The van der Waals surface area contributed by atoms with Crippen molar-refractivity contribution in [3.63, 3.8) is 0 Å². The molecular weight excluding hydrogens is 877 g/mol. The van der Waals surface area contributed by atoms with E-state index in [0.29, 0.717) is 0 Å². The maximum atomic E-state index is 9.60. The average Bonchev–Trinajstić information content (AvgIpc) is 3.44. The van der Waals surface area contributed by atoms with Crippen molar-refractivity contribution in [2.45, 2.75) is 126 Å². The molecule has 4 aromatic carbocycles. The average molecular weight is 940 g/mol. The fourth-order valence-electron chi connectivity index (χ4n) is 7.46. The largest absolute Gasteiger partial charge is 3.00 e. The minimum absolute atomic E-state index is 0. The molecule has 1 aliphatic carbocycles. The third kappa shape index (κ3) is 9.42. The summed E-state index contributed by atoms with van der Waals surface area (Å²) in [5, 5.41) is 16.2. The van der Waals surface area contributed by atoms with Crippen LogP contribution in [0.25, 0.3) is 43.7 Å². The second-order valence-electron chi connectivity index (χ2n) is 19.4. The number of allylic oxidation sites excluding steroid dienone is 2. The Kier molecular flexibility index (Phi) is 13.5. The first-order valence-corrected chi connectivity index (χ1v) is 20.2. The van der Waals surface area contributed by atoms with Gasteiger partial charge in [0.05, 0.1) is 11.5 Å². The molecule has 1 aliphatic rings. The van der Waals surface area contributed by atoms with Gasteiger partial charge in [-0.2, -0.15) is 0 Å². The van der Waals surface area contributed by atoms with Crippen LogP contribution in [-0.2, 0) is 36.4 Å². The SMILES string of the molecule is CC(C)(C)C(=[OH+])/C=C(\O)C(C)(C)C.CC(C)(C)c1cc[c-]c(-c2cc(C(C)(C)C)ccn2)c1.CCC1(CC)c2cc[c-]c3c4ncccc4c4cccc1c4c23.[Ir-3]. The van der Waals surface area contributed by atoms with Gasteiger partial charge in [0.25, 0.3) is 0 Å². The maximum absolute atomic E-state index is 9.60. The number of aliphatic hydroxyl groups excluding tert-OH is 1. The summed E-state index contributed by atoms with van der Waals surface area (Å²) in [6.45, 7) is 29.4. The van der Waals surface area contributed by atoms with E-state index in [4.69, 9.17) is 4.98 Å². The molecule has 0 bridgehead atoms. The van der Waals surface area contributed by atoms with Gasteiger partial charge in [-0.15, -0.1) is 64.5 Å². The van der Waals surface area contributed by atoms with Crippen LogP contribution >= 0.6 is 0 Å². The van der Waals surface area contributed by atoms with Gasteiger partial charge in [-0.3, -0.25) is 4.79 Å². The van der Waals surface area contributed by atoms with Crippen LogP contribution in [0.2, 0.25) is 0 Å². The molecule has 0 unspecified atom stereocenters. The van der Waals surface area contributed by atoms with Crippen LogP contribution in [0.1, 0.15) is 132 Å². The number of hydrogen-bond donors (Lipinski definition) is 1. The van der Waals surface area contributed by atoms with E-state index < -0.39 is 0 Å². The predicted octanol–water partition coefficient (Wildman–Crippen LogP) is 14.0. The van der Waals surface area contributed by atoms with Crippen molar-refractivity contribution in [1.82, 2.24) is 9.97 Å². The van der Waals surface area contributed by atoms with Crippen LogP contribution in [-0.4, -0.2) is 25.7 Å². The maximum Gasteiger partial charge on any atom is 0.325 e. The summed E-state index contributed by atoms with van der Waals surface area (Å²) >= 11 is 0. The Hall–Kier alpha value is -4.18. The Morgan fingerprint density at radius 3 is 1.88 bits per heavy atom. The Labute approximate surface area is 356 Å². The molecule has 57 heavy (non-hydrogen) atoms. The molecule has 0 saturated heterocycles. The molecule has 5 heteroatoms. The van der Waals surface area contributed by atoms with Gasteiger partial charge in [-0.1, -0.05) is 112 Å². The molecule has 0 spiro atoms. The van der Waals surface area contributed by atoms with Crippen LogP contribution in [0.4, 0.5) is 0 Å². The molecule has 2 N–H and O–H groups in total. The van der Waals surface area contributed by atoms with Crippen LogP contribution in [0.3, 0.4) is 0 Å². The van der Waals surface area contributed by atoms with Crippen LogP contribution in [0.5, 0.6) is 0 Å². The molecule has 0 aliphatic heterocycles. The first-order valence-electron chi connectivity index (χ1n) is 20.2. The fourth-order valence-corrected chi connectivity index (χ4v) is 7.46. The summed E-state index contributed by atoms with van der Waals surface area (Å²) in [5.41, 5.74) is 8.53. The molecular formula is C52H63IrN2O2-4. The fraction of sp³-hybridized carbons (Fsp3) is 0.404. The summed E-state index contributed by atoms with van der Waals surface area (Å²) < 4.78 is 0. The number of hydrogen-bond acceptors (Lipinski definition) is 3. The van der Waals surface area contributed by atoms with Crippen LogP contribution < -0.4 is 0 Å². The predicted molar refractivity (Wildman–Crippen MR) is 239 cm³/mol. The van der Waals surface area contributed by atoms with Crippen molar-refractivity contribution in [3.8, 4) is 11.3 Å². The van der Waals surface area contributed by atoms with E-state index >= 15 is 0 Å². The van der Waals surface area contributed by atoms with Gasteiger partial charge in [0.15, 0.2) is 0 Å². The second-order valence-corrected chi connectivity index (χ2v) is 19.4. The number of rotatable bonds is 4. The van der Waals surface area contributed by atoms with Gasteiger partial charge >= 0.3 is 5.78 Å². The molecule has 0 amide bonds. The number of pyridine rings is 2. The molecule has 2 aromatic heterocycles. The summed E-state index contributed by atoms with van der Waals surface area (Å²) in [6, 6.07) is 32.8. The molecule has 0 fully saturated rings. The minimum atomic E-state index is -0.306. The smallest absolute Gasteiger partial charge is 0.325 e. The van der Waals surface area contributed by atoms with E-state index in [0.717, 1.165) is 29.6 Å². The van der Waals surface area contributed by atoms with E-state index in [2.05, 4.69) is 133 Å². The zero-order chi connectivity index (χ0) is 41.4. The van der Waals surface area contributed by atoms with Crippen molar-refractivity contribution in [2.24, 2.45) is 10.8 Å². The summed E-state index contributed by atoms with van der Waals surface area (Å²) in [6.07, 6.45) is 7.48. The molecule has 7 rings (SSSR count). The van der Waals surface area contributed by atoms with Gasteiger partial charge in [-0.05, 0) is 95.1 Å². The molecule has 2 heterocycles. The van der Waals surface area contributed by atoms with Crippen LogP contribution in [0.15, 0.2) is 97.0 Å². The molecule has 0 radical (unpaired) electrons. The monoisotopic (exact) mass is 940 g/mol. The van der Waals surface area contributed by atoms with Crippen molar-refractivity contribution in [1.29, 1.82) is 0 Å². The van der Waals surface area contributed by atoms with Gasteiger partial charge < -0.3 is 35.2 Å². The van der Waals surface area contributed by atoms with Gasteiger partial charge in [0.2, 0.25) is 0 Å². The van der Waals surface area contributed by atoms with Gasteiger partial charge in [0.1, 0.15) is 5.76 Å². The van der Waals surface area contributed by atoms with E-state index in [1.54, 1.807) is 0 Å². The van der Waals surface area contributed by atoms with E-state index in [1.807, 2.05) is 66.1 Å². The third-order valence-electron chi connectivity index (χ3n) is 11.3. The standard InChI is InChI=1S/C22H18N.C19H24N.C11H20O2.Ir/c1-3-22(4-2)17-11-5-8-14-15-10-7-13-23-21(15)16-9-6-12-18(22)20(16)19(14)17;1-18(2,3)15-9-7-8-14(12-15)17-13-16(10-11-20-17)19(4,5)6;1-10(2,3)8(12)7-9(13)11(4,5)6;/h5-8,10-13H,3-4H2,1-2H3;7,9-13H,1-6H3;7,12H,1-6H3;/q2*-1;;-3/p+1/b;;8-7-;. The normalized spacial score (nSPS) is 13.8. The third-order valence-corrected chi connectivity index (χ3v) is 11.3.